The van der Waals surface area contributed by atoms with Gasteiger partial charge in [-0.25, -0.2) is 16.8 Å². The average molecular weight is 448 g/mol. The third-order valence-corrected chi connectivity index (χ3v) is 6.32. The van der Waals surface area contributed by atoms with E-state index in [0.29, 0.717) is 28.4 Å². The molecule has 11 heteroatoms. The van der Waals surface area contributed by atoms with Crippen molar-refractivity contribution in [3.63, 3.8) is 0 Å². The highest BCUT2D eigenvalue weighted by Gasteiger charge is 2.13. The van der Waals surface area contributed by atoms with E-state index in [1.807, 2.05) is 0 Å². The van der Waals surface area contributed by atoms with Crippen molar-refractivity contribution in [3.8, 4) is 5.75 Å². The first-order valence-corrected chi connectivity index (χ1v) is 11.5. The Morgan fingerprint density at radius 2 is 1.63 bits per heavy atom. The van der Waals surface area contributed by atoms with Crippen molar-refractivity contribution in [1.29, 1.82) is 0 Å². The normalized spacial score (nSPS) is 12.7. The molecular formula is C19H16N2O7S2-2. The lowest BCUT2D eigenvalue weighted by Gasteiger charge is -2.13. The Morgan fingerprint density at radius 3 is 2.23 bits per heavy atom. The van der Waals surface area contributed by atoms with Gasteiger partial charge < -0.3 is 14.2 Å². The van der Waals surface area contributed by atoms with E-state index in [2.05, 4.69) is 10.2 Å². The number of aryl methyl sites for hydroxylation is 2. The zero-order valence-corrected chi connectivity index (χ0v) is 17.5. The molecule has 3 rings (SSSR count). The van der Waals surface area contributed by atoms with Gasteiger partial charge in [0.1, 0.15) is 31.7 Å². The number of aromatic hydroxyl groups is 1. The topological polar surface area (TPSA) is 159 Å². The maximum Gasteiger partial charge on any atom is 0.143 e. The minimum Gasteiger partial charge on any atom is -0.744 e. The molecule has 1 N–H and O–H groups in total. The summed E-state index contributed by atoms with van der Waals surface area (Å²) in [5, 5.41) is 19.1. The summed E-state index contributed by atoms with van der Waals surface area (Å²) in [6, 6.07) is 9.01. The van der Waals surface area contributed by atoms with Crippen LogP contribution in [0.1, 0.15) is 18.1 Å². The molecule has 0 aliphatic heterocycles. The molecule has 30 heavy (non-hydrogen) atoms. The molecule has 0 saturated carbocycles. The number of fused-ring (bicyclic) bond motifs is 1. The van der Waals surface area contributed by atoms with Crippen LogP contribution < -0.4 is 0 Å². The van der Waals surface area contributed by atoms with Gasteiger partial charge in [0, 0.05) is 5.39 Å². The predicted octanol–water partition coefficient (Wildman–Crippen LogP) is 3.64. The number of benzene rings is 3. The third-order valence-electron chi connectivity index (χ3n) is 4.51. The summed E-state index contributed by atoms with van der Waals surface area (Å²) in [5.74, 6) is -0.225. The van der Waals surface area contributed by atoms with E-state index in [9.17, 15) is 31.0 Å². The van der Waals surface area contributed by atoms with Crippen LogP contribution in [-0.4, -0.2) is 31.0 Å². The second kappa shape index (κ2) is 7.76. The van der Waals surface area contributed by atoms with Crippen LogP contribution in [0.3, 0.4) is 0 Å². The van der Waals surface area contributed by atoms with Crippen molar-refractivity contribution in [2.75, 3.05) is 0 Å². The van der Waals surface area contributed by atoms with Gasteiger partial charge in [-0.3, -0.25) is 0 Å². The van der Waals surface area contributed by atoms with E-state index < -0.39 is 25.1 Å². The Morgan fingerprint density at radius 1 is 0.933 bits per heavy atom. The van der Waals surface area contributed by atoms with E-state index in [1.165, 1.54) is 43.3 Å². The number of azo groups is 1. The molecule has 0 bridgehead atoms. The fraction of sp³-hybridized carbons (Fsp3) is 0.158. The summed E-state index contributed by atoms with van der Waals surface area (Å²) < 4.78 is 67.9. The van der Waals surface area contributed by atoms with Crippen molar-refractivity contribution >= 4 is 42.4 Å². The van der Waals surface area contributed by atoms with Crippen LogP contribution in [0.5, 0.6) is 5.75 Å². The molecule has 0 aliphatic rings. The number of nitrogens with zero attached hydrogens (tertiary/aromatic N) is 2. The summed E-state index contributed by atoms with van der Waals surface area (Å²) >= 11 is 0. The van der Waals surface area contributed by atoms with Crippen LogP contribution in [0.2, 0.25) is 0 Å². The summed E-state index contributed by atoms with van der Waals surface area (Å²) in [6.45, 7) is 3.22. The van der Waals surface area contributed by atoms with Crippen LogP contribution >= 0.6 is 0 Å². The monoisotopic (exact) mass is 448 g/mol. The second-order valence-electron chi connectivity index (χ2n) is 6.52. The first-order chi connectivity index (χ1) is 13.9. The smallest absolute Gasteiger partial charge is 0.143 e. The highest BCUT2D eigenvalue weighted by Crippen LogP contribution is 2.38. The van der Waals surface area contributed by atoms with Crippen molar-refractivity contribution in [1.82, 2.24) is 0 Å². The standard InChI is InChI=1S/C19H18N2O7S2/c1-3-12-10-18(30(26,27)28)11(2)8-16(12)20-21-19-15-6-5-14(29(23,24)25)9-13(15)4-7-17(19)22/h4-10,22H,3H2,1-2H3,(H,23,24,25)(H,26,27,28)/p-2. The third kappa shape index (κ3) is 4.33. The summed E-state index contributed by atoms with van der Waals surface area (Å²) in [6.07, 6.45) is 0.378. The Bertz CT molecular complexity index is 1400. The molecule has 0 aromatic heterocycles. The Kier molecular flexibility index (Phi) is 5.65. The lowest BCUT2D eigenvalue weighted by Crippen LogP contribution is -2.02. The van der Waals surface area contributed by atoms with Crippen molar-refractivity contribution in [2.24, 2.45) is 10.2 Å². The molecule has 3 aromatic carbocycles. The summed E-state index contributed by atoms with van der Waals surface area (Å²) in [7, 11) is -9.28. The molecular weight excluding hydrogens is 432 g/mol. The average Bonchev–Trinajstić information content (AvgIpc) is 2.65. The van der Waals surface area contributed by atoms with Gasteiger partial charge in [-0.2, -0.15) is 5.11 Å². The first-order valence-electron chi connectivity index (χ1n) is 8.64. The molecule has 0 saturated heterocycles. The zero-order valence-electron chi connectivity index (χ0n) is 15.9. The van der Waals surface area contributed by atoms with Gasteiger partial charge in [0.25, 0.3) is 0 Å². The van der Waals surface area contributed by atoms with Gasteiger partial charge in [-0.15, -0.1) is 5.11 Å². The first kappa shape index (κ1) is 21.8. The van der Waals surface area contributed by atoms with Gasteiger partial charge in [0.15, 0.2) is 0 Å². The van der Waals surface area contributed by atoms with Crippen LogP contribution in [-0.2, 0) is 26.7 Å². The number of hydrogen-bond acceptors (Lipinski definition) is 9. The van der Waals surface area contributed by atoms with Crippen LogP contribution in [0.15, 0.2) is 62.5 Å². The maximum atomic E-state index is 11.4. The molecule has 0 unspecified atom stereocenters. The Labute approximate surface area is 173 Å². The SMILES string of the molecule is CCc1cc(S(=O)(=O)[O-])c(C)cc1N=Nc1c(O)ccc2cc(S(=O)(=O)[O-])ccc12. The molecule has 0 spiro atoms. The molecule has 0 amide bonds. The second-order valence-corrected chi connectivity index (χ2v) is 9.25. The highest BCUT2D eigenvalue weighted by molar-refractivity contribution is 7.86. The highest BCUT2D eigenvalue weighted by atomic mass is 32.2. The lowest BCUT2D eigenvalue weighted by molar-refractivity contribution is 0.460. The van der Waals surface area contributed by atoms with E-state index in [-0.39, 0.29) is 21.9 Å². The molecule has 0 fully saturated rings. The number of rotatable bonds is 5. The maximum absolute atomic E-state index is 11.4. The van der Waals surface area contributed by atoms with E-state index in [1.54, 1.807) is 6.92 Å². The van der Waals surface area contributed by atoms with Gasteiger partial charge in [-0.05, 0) is 60.2 Å². The van der Waals surface area contributed by atoms with E-state index in [0.717, 1.165) is 6.07 Å². The lowest BCUT2D eigenvalue weighted by atomic mass is 10.1. The summed E-state index contributed by atoms with van der Waals surface area (Å²) in [4.78, 5) is -0.750. The predicted molar refractivity (Wildman–Crippen MR) is 106 cm³/mol. The molecule has 0 atom stereocenters. The molecule has 158 valence electrons. The minimum atomic E-state index is -4.64. The number of hydrogen-bond donors (Lipinski definition) is 1. The molecule has 0 heterocycles. The zero-order chi connectivity index (χ0) is 22.3. The van der Waals surface area contributed by atoms with Crippen LogP contribution in [0.4, 0.5) is 11.4 Å². The molecule has 9 nitrogen and oxygen atoms in total. The Balaban J connectivity index is 2.14. The fourth-order valence-electron chi connectivity index (χ4n) is 3.00. The van der Waals surface area contributed by atoms with Gasteiger partial charge >= 0.3 is 0 Å². The van der Waals surface area contributed by atoms with Crippen molar-refractivity contribution in [2.45, 2.75) is 30.1 Å². The quantitative estimate of drug-likeness (QED) is 0.460. The van der Waals surface area contributed by atoms with Gasteiger partial charge in [0.05, 0.1) is 15.5 Å². The van der Waals surface area contributed by atoms with Crippen LogP contribution in [0, 0.1) is 6.92 Å². The van der Waals surface area contributed by atoms with Crippen molar-refractivity contribution < 1.29 is 31.0 Å². The van der Waals surface area contributed by atoms with Crippen LogP contribution in [0.25, 0.3) is 10.8 Å². The fourth-order valence-corrected chi connectivity index (χ4v) is 4.25. The van der Waals surface area contributed by atoms with Gasteiger partial charge in [-0.1, -0.05) is 19.1 Å². The van der Waals surface area contributed by atoms with Gasteiger partial charge in [0.2, 0.25) is 0 Å². The minimum absolute atomic E-state index is 0.0441. The number of phenolic OH excluding ortho intramolecular Hbond substituents is 1. The van der Waals surface area contributed by atoms with Crippen molar-refractivity contribution in [3.05, 3.63) is 53.6 Å². The largest absolute Gasteiger partial charge is 0.744 e. The molecule has 3 aromatic rings. The molecule has 0 aliphatic carbocycles. The number of phenols is 1. The van der Waals surface area contributed by atoms with E-state index >= 15 is 0 Å². The van der Waals surface area contributed by atoms with E-state index in [4.69, 9.17) is 0 Å². The Hall–Kier alpha value is -2.86. The molecule has 0 radical (unpaired) electrons. The summed E-state index contributed by atoms with van der Waals surface area (Å²) in [5.41, 5.74) is 1.04.